The van der Waals surface area contributed by atoms with Crippen LogP contribution in [0.4, 0.5) is 15.8 Å². The molecule has 2 bridgehead atoms. The van der Waals surface area contributed by atoms with Crippen LogP contribution in [0.5, 0.6) is 0 Å². The number of hydrazone groups is 1. The molecule has 0 spiro atoms. The number of para-hydroxylation sites is 1. The number of anilines is 2. The molecular weight excluding hydrogens is 369 g/mol. The van der Waals surface area contributed by atoms with Gasteiger partial charge >= 0.3 is 0 Å². The minimum atomic E-state index is -1.20. The average molecular weight is 393 g/mol. The summed E-state index contributed by atoms with van der Waals surface area (Å²) < 4.78 is 13.2. The lowest BCUT2D eigenvalue weighted by molar-refractivity contribution is -0.139. The Bertz CT molecular complexity index is 1000. The predicted octanol–water partition coefficient (Wildman–Crippen LogP) is 4.63. The van der Waals surface area contributed by atoms with Crippen LogP contribution in [0.3, 0.4) is 0 Å². The van der Waals surface area contributed by atoms with Gasteiger partial charge in [0.05, 0.1) is 5.69 Å². The van der Waals surface area contributed by atoms with Crippen LogP contribution < -0.4 is 10.7 Å². The van der Waals surface area contributed by atoms with Crippen LogP contribution in [-0.4, -0.2) is 17.4 Å². The van der Waals surface area contributed by atoms with Crippen molar-refractivity contribution in [2.24, 2.45) is 21.3 Å². The maximum Gasteiger partial charge on any atom is 0.239 e. The van der Waals surface area contributed by atoms with Gasteiger partial charge in [-0.2, -0.15) is 5.10 Å². The number of halogens is 1. The first-order chi connectivity index (χ1) is 13.7. The van der Waals surface area contributed by atoms with E-state index in [9.17, 15) is 14.0 Å². The maximum absolute atomic E-state index is 13.5. The number of carbonyl (C=O) groups excluding carboxylic acids is 2. The van der Waals surface area contributed by atoms with Gasteiger partial charge in [0.2, 0.25) is 5.91 Å². The summed E-state index contributed by atoms with van der Waals surface area (Å²) >= 11 is 0. The molecule has 2 atom stereocenters. The second-order valence-corrected chi connectivity index (χ2v) is 8.59. The molecule has 5 nitrogen and oxygen atoms in total. The third kappa shape index (κ3) is 2.62. The zero-order valence-electron chi connectivity index (χ0n) is 16.8. The van der Waals surface area contributed by atoms with Crippen LogP contribution >= 0.6 is 0 Å². The van der Waals surface area contributed by atoms with Crippen molar-refractivity contribution in [2.45, 2.75) is 33.6 Å². The van der Waals surface area contributed by atoms with Crippen molar-refractivity contribution >= 4 is 28.8 Å². The first-order valence-electron chi connectivity index (χ1n) is 9.73. The van der Waals surface area contributed by atoms with Crippen LogP contribution in [0.15, 0.2) is 59.7 Å². The van der Waals surface area contributed by atoms with Crippen molar-refractivity contribution in [2.75, 3.05) is 10.7 Å². The minimum Gasteiger partial charge on any atom is -0.325 e. The quantitative estimate of drug-likeness (QED) is 0.588. The molecule has 2 fully saturated rings. The lowest BCUT2D eigenvalue weighted by atomic mass is 9.64. The highest BCUT2D eigenvalue weighted by Gasteiger charge is 2.76. The van der Waals surface area contributed by atoms with Gasteiger partial charge in [-0.05, 0) is 54.7 Å². The zero-order valence-corrected chi connectivity index (χ0v) is 16.8. The lowest BCUT2D eigenvalue weighted by Crippen LogP contribution is -2.47. The summed E-state index contributed by atoms with van der Waals surface area (Å²) in [6, 6.07) is 15.0. The number of fused-ring (bicyclic) bond motifs is 2. The van der Waals surface area contributed by atoms with Crippen LogP contribution in [0.2, 0.25) is 0 Å². The van der Waals surface area contributed by atoms with Crippen molar-refractivity contribution in [3.05, 3.63) is 60.4 Å². The number of benzene rings is 2. The summed E-state index contributed by atoms with van der Waals surface area (Å²) in [5.41, 5.74) is 2.29. The molecule has 2 saturated carbocycles. The van der Waals surface area contributed by atoms with Crippen LogP contribution in [0.25, 0.3) is 0 Å². The molecule has 0 radical (unpaired) electrons. The minimum absolute atomic E-state index is 0.237. The monoisotopic (exact) mass is 393 g/mol. The normalized spacial score (nSPS) is 28.6. The fourth-order valence-corrected chi connectivity index (χ4v) is 4.88. The summed E-state index contributed by atoms with van der Waals surface area (Å²) in [6.45, 7) is 5.94. The number of ketones is 1. The van der Waals surface area contributed by atoms with Gasteiger partial charge in [-0.3, -0.25) is 15.0 Å². The summed E-state index contributed by atoms with van der Waals surface area (Å²) in [5, 5.41) is 7.28. The Morgan fingerprint density at radius 1 is 0.966 bits per heavy atom. The Kier molecular flexibility index (Phi) is 4.33. The van der Waals surface area contributed by atoms with E-state index < -0.39 is 16.2 Å². The Morgan fingerprint density at radius 2 is 1.62 bits per heavy atom. The largest absolute Gasteiger partial charge is 0.325 e. The van der Waals surface area contributed by atoms with Crippen molar-refractivity contribution < 1.29 is 14.0 Å². The smallest absolute Gasteiger partial charge is 0.239 e. The first kappa shape index (κ1) is 19.3. The van der Waals surface area contributed by atoms with Crippen molar-refractivity contribution in [1.29, 1.82) is 0 Å². The van der Waals surface area contributed by atoms with E-state index in [2.05, 4.69) is 15.8 Å². The number of amides is 1. The molecule has 0 aromatic heterocycles. The van der Waals surface area contributed by atoms with Crippen LogP contribution in [-0.2, 0) is 9.59 Å². The number of hydrogen-bond acceptors (Lipinski definition) is 4. The molecule has 2 aliphatic rings. The fraction of sp³-hybridized carbons (Fsp3) is 0.348. The summed E-state index contributed by atoms with van der Waals surface area (Å²) in [5.74, 6) is -0.972. The number of hydrogen-bond donors (Lipinski definition) is 2. The van der Waals surface area contributed by atoms with Gasteiger partial charge in [0, 0.05) is 11.1 Å². The van der Waals surface area contributed by atoms with Crippen molar-refractivity contribution in [3.63, 3.8) is 0 Å². The molecule has 2 N–H and O–H groups in total. The molecule has 0 aliphatic heterocycles. The lowest BCUT2D eigenvalue weighted by Gasteiger charge is -2.37. The van der Waals surface area contributed by atoms with E-state index in [4.69, 9.17) is 0 Å². The molecule has 0 saturated heterocycles. The van der Waals surface area contributed by atoms with Crippen molar-refractivity contribution in [1.82, 2.24) is 0 Å². The molecule has 6 heteroatoms. The van der Waals surface area contributed by atoms with Crippen LogP contribution in [0, 0.1) is 22.1 Å². The van der Waals surface area contributed by atoms with Crippen LogP contribution in [0.1, 0.15) is 33.6 Å². The van der Waals surface area contributed by atoms with E-state index >= 15 is 0 Å². The van der Waals surface area contributed by atoms with E-state index in [-0.39, 0.29) is 17.5 Å². The molecule has 29 heavy (non-hydrogen) atoms. The summed E-state index contributed by atoms with van der Waals surface area (Å²) in [4.78, 5) is 26.9. The highest BCUT2D eigenvalue weighted by atomic mass is 19.1. The molecule has 1 amide bonds. The second kappa shape index (κ2) is 6.51. The van der Waals surface area contributed by atoms with Gasteiger partial charge in [-0.15, -0.1) is 0 Å². The van der Waals surface area contributed by atoms with Crippen molar-refractivity contribution in [3.8, 4) is 0 Å². The van der Waals surface area contributed by atoms with Gasteiger partial charge < -0.3 is 5.32 Å². The Morgan fingerprint density at radius 3 is 2.28 bits per heavy atom. The highest BCUT2D eigenvalue weighted by Crippen LogP contribution is 2.69. The zero-order chi connectivity index (χ0) is 20.9. The van der Waals surface area contributed by atoms with Gasteiger partial charge in [-0.25, -0.2) is 4.39 Å². The Labute approximate surface area is 169 Å². The van der Waals surface area contributed by atoms with E-state index in [1.54, 1.807) is 0 Å². The SMILES string of the molecule is CC12CCC(C(=O)Nc3ccc(F)cc3)(C(=O)C1=NNc1ccccc1)C2(C)C. The standard InChI is InChI=1S/C23H24FN3O2/c1-21(2)22(3)13-14-23(21,20(29)25-16-11-9-15(24)10-12-16)19(28)18(22)27-26-17-7-5-4-6-8-17/h4-12,26H,13-14H2,1-3H3,(H,25,29). The molecule has 0 heterocycles. The van der Waals surface area contributed by atoms with E-state index in [0.717, 1.165) is 5.69 Å². The second-order valence-electron chi connectivity index (χ2n) is 8.59. The third-order valence-corrected chi connectivity index (χ3v) is 7.13. The molecule has 4 rings (SSSR count). The Hall–Kier alpha value is -3.02. The third-order valence-electron chi connectivity index (χ3n) is 7.13. The van der Waals surface area contributed by atoms with Gasteiger partial charge in [0.15, 0.2) is 5.78 Å². The molecular formula is C23H24FN3O2. The fourth-order valence-electron chi connectivity index (χ4n) is 4.88. The molecule has 2 aromatic carbocycles. The molecule has 150 valence electrons. The molecule has 2 aliphatic carbocycles. The number of rotatable bonds is 4. The van der Waals surface area contributed by atoms with E-state index in [0.29, 0.717) is 24.2 Å². The number of carbonyl (C=O) groups is 2. The number of nitrogens with one attached hydrogen (secondary N) is 2. The molecule has 2 aromatic rings. The topological polar surface area (TPSA) is 70.6 Å². The summed E-state index contributed by atoms with van der Waals surface area (Å²) in [7, 11) is 0. The van der Waals surface area contributed by atoms with E-state index in [1.807, 2.05) is 51.1 Å². The molecule has 2 unspecified atom stereocenters. The predicted molar refractivity (Wildman–Crippen MR) is 111 cm³/mol. The Balaban J connectivity index is 1.69. The van der Waals surface area contributed by atoms with Gasteiger partial charge in [0.25, 0.3) is 0 Å². The van der Waals surface area contributed by atoms with Gasteiger partial charge in [-0.1, -0.05) is 39.0 Å². The van der Waals surface area contributed by atoms with Gasteiger partial charge in [0.1, 0.15) is 16.9 Å². The maximum atomic E-state index is 13.5. The first-order valence-corrected chi connectivity index (χ1v) is 9.73. The number of nitrogens with zero attached hydrogens (tertiary/aromatic N) is 1. The summed E-state index contributed by atoms with van der Waals surface area (Å²) in [6.07, 6.45) is 1.16. The average Bonchev–Trinajstić information content (AvgIpc) is 2.98. The number of Topliss-reactive ketones (excluding diaryl/α,β-unsaturated/α-hetero) is 1. The van der Waals surface area contributed by atoms with E-state index in [1.165, 1.54) is 24.3 Å². The highest BCUT2D eigenvalue weighted by molar-refractivity contribution is 6.51.